The molecule has 2 aromatic carbocycles. The summed E-state index contributed by atoms with van der Waals surface area (Å²) in [6.07, 6.45) is 0. The van der Waals surface area contributed by atoms with Crippen molar-refractivity contribution in [2.24, 2.45) is 4.99 Å². The minimum atomic E-state index is -0.233. The lowest BCUT2D eigenvalue weighted by Crippen LogP contribution is -2.36. The highest BCUT2D eigenvalue weighted by Crippen LogP contribution is 2.19. The summed E-state index contributed by atoms with van der Waals surface area (Å²) in [4.78, 5) is 5.97. The Labute approximate surface area is 154 Å². The summed E-state index contributed by atoms with van der Waals surface area (Å²) in [5.41, 5.74) is 2.48. The average Bonchev–Trinajstić information content (AvgIpc) is 2.63. The van der Waals surface area contributed by atoms with Crippen LogP contribution in [0.15, 0.2) is 47.5 Å². The van der Waals surface area contributed by atoms with Crippen LogP contribution in [0.1, 0.15) is 18.1 Å². The molecule has 0 spiro atoms. The molecular formula is C20H27FN4O. The van der Waals surface area contributed by atoms with Crippen LogP contribution < -0.4 is 20.3 Å². The molecule has 0 atom stereocenters. The lowest BCUT2D eigenvalue weighted by Gasteiger charge is -2.16. The average molecular weight is 358 g/mol. The first kappa shape index (κ1) is 19.6. The lowest BCUT2D eigenvalue weighted by molar-refractivity contribution is 0.336. The molecule has 26 heavy (non-hydrogen) atoms. The van der Waals surface area contributed by atoms with Crippen molar-refractivity contribution in [3.05, 3.63) is 59.4 Å². The van der Waals surface area contributed by atoms with Gasteiger partial charge in [-0.3, -0.25) is 4.99 Å². The molecular weight excluding hydrogens is 331 g/mol. The van der Waals surface area contributed by atoms with Crippen LogP contribution in [0.25, 0.3) is 0 Å². The number of hydrogen-bond acceptors (Lipinski definition) is 3. The van der Waals surface area contributed by atoms with E-state index in [2.05, 4.69) is 15.6 Å². The number of nitrogens with zero attached hydrogens (tertiary/aromatic N) is 2. The van der Waals surface area contributed by atoms with Gasteiger partial charge in [-0.1, -0.05) is 24.3 Å². The van der Waals surface area contributed by atoms with E-state index in [0.717, 1.165) is 16.9 Å². The van der Waals surface area contributed by atoms with Crippen LogP contribution in [0.3, 0.4) is 0 Å². The van der Waals surface area contributed by atoms with Gasteiger partial charge in [-0.25, -0.2) is 4.39 Å². The van der Waals surface area contributed by atoms with Gasteiger partial charge < -0.3 is 20.3 Å². The molecule has 0 radical (unpaired) electrons. The Hall–Kier alpha value is -2.76. The van der Waals surface area contributed by atoms with Crippen molar-refractivity contribution in [2.45, 2.75) is 20.0 Å². The Morgan fingerprint density at radius 1 is 1.12 bits per heavy atom. The van der Waals surface area contributed by atoms with Crippen molar-refractivity contribution in [1.82, 2.24) is 10.6 Å². The van der Waals surface area contributed by atoms with Crippen LogP contribution in [-0.2, 0) is 13.1 Å². The fraction of sp³-hybridized carbons (Fsp3) is 0.350. The molecule has 2 aromatic rings. The Balaban J connectivity index is 1.93. The van der Waals surface area contributed by atoms with Gasteiger partial charge in [0.2, 0.25) is 0 Å². The third-order valence-corrected chi connectivity index (χ3v) is 3.90. The molecule has 0 amide bonds. The highest BCUT2D eigenvalue weighted by Gasteiger charge is 2.07. The first-order chi connectivity index (χ1) is 12.5. The van der Waals surface area contributed by atoms with Crippen LogP contribution in [0, 0.1) is 5.82 Å². The molecule has 0 aliphatic rings. The van der Waals surface area contributed by atoms with Crippen molar-refractivity contribution in [3.63, 3.8) is 0 Å². The molecule has 6 heteroatoms. The number of halogens is 1. The van der Waals surface area contributed by atoms with E-state index in [4.69, 9.17) is 4.74 Å². The Bertz CT molecular complexity index is 746. The van der Waals surface area contributed by atoms with Crippen LogP contribution in [-0.4, -0.2) is 33.7 Å². The first-order valence-electron chi connectivity index (χ1n) is 8.66. The molecule has 0 heterocycles. The maximum atomic E-state index is 14.1. The zero-order valence-electron chi connectivity index (χ0n) is 15.8. The van der Waals surface area contributed by atoms with E-state index in [1.807, 2.05) is 51.4 Å². The smallest absolute Gasteiger partial charge is 0.191 e. The van der Waals surface area contributed by atoms with Gasteiger partial charge in [-0.05, 0) is 30.7 Å². The SMILES string of the molecule is CCOc1ccccc1CNC(=NC)NCc1ccc(N(C)C)c(F)c1. The van der Waals surface area contributed by atoms with E-state index in [9.17, 15) is 4.39 Å². The number of anilines is 1. The molecule has 2 rings (SSSR count). The van der Waals surface area contributed by atoms with Gasteiger partial charge in [0.05, 0.1) is 12.3 Å². The quantitative estimate of drug-likeness (QED) is 0.590. The predicted molar refractivity (Wildman–Crippen MR) is 105 cm³/mol. The Morgan fingerprint density at radius 2 is 1.85 bits per heavy atom. The zero-order chi connectivity index (χ0) is 18.9. The molecule has 0 aliphatic heterocycles. The molecule has 140 valence electrons. The molecule has 0 unspecified atom stereocenters. The summed E-state index contributed by atoms with van der Waals surface area (Å²) in [7, 11) is 5.35. The molecule has 0 aromatic heterocycles. The van der Waals surface area contributed by atoms with Gasteiger partial charge in [0.25, 0.3) is 0 Å². The summed E-state index contributed by atoms with van der Waals surface area (Å²) in [6, 6.07) is 13.1. The Morgan fingerprint density at radius 3 is 2.50 bits per heavy atom. The minimum Gasteiger partial charge on any atom is -0.494 e. The predicted octanol–water partition coefficient (Wildman–Crippen LogP) is 3.16. The fourth-order valence-electron chi connectivity index (χ4n) is 2.55. The number of aliphatic imine (C=N–C) groups is 1. The fourth-order valence-corrected chi connectivity index (χ4v) is 2.55. The molecule has 0 saturated carbocycles. The van der Waals surface area contributed by atoms with Gasteiger partial charge in [-0.15, -0.1) is 0 Å². The number of para-hydroxylation sites is 1. The number of rotatable bonds is 7. The topological polar surface area (TPSA) is 48.9 Å². The summed E-state index contributed by atoms with van der Waals surface area (Å²) >= 11 is 0. The van der Waals surface area contributed by atoms with Crippen LogP contribution in [0.2, 0.25) is 0 Å². The van der Waals surface area contributed by atoms with Crippen molar-refractivity contribution in [2.75, 3.05) is 32.6 Å². The normalized spacial score (nSPS) is 11.2. The monoisotopic (exact) mass is 358 g/mol. The van der Waals surface area contributed by atoms with Crippen molar-refractivity contribution in [1.29, 1.82) is 0 Å². The molecule has 0 bridgehead atoms. The van der Waals surface area contributed by atoms with Crippen LogP contribution in [0.5, 0.6) is 5.75 Å². The molecule has 0 fully saturated rings. The lowest BCUT2D eigenvalue weighted by atomic mass is 10.2. The summed E-state index contributed by atoms with van der Waals surface area (Å²) < 4.78 is 19.7. The maximum Gasteiger partial charge on any atom is 0.191 e. The van der Waals surface area contributed by atoms with E-state index in [1.54, 1.807) is 24.1 Å². The second-order valence-corrected chi connectivity index (χ2v) is 6.00. The minimum absolute atomic E-state index is 0.233. The van der Waals surface area contributed by atoms with E-state index in [1.165, 1.54) is 0 Å². The standard InChI is InChI=1S/C20H27FN4O/c1-5-26-19-9-7-6-8-16(19)14-24-20(22-2)23-13-15-10-11-18(25(3)4)17(21)12-15/h6-12H,5,13-14H2,1-4H3,(H2,22,23,24). The number of guanidine groups is 1. The van der Waals surface area contributed by atoms with E-state index >= 15 is 0 Å². The third-order valence-electron chi connectivity index (χ3n) is 3.90. The van der Waals surface area contributed by atoms with E-state index < -0.39 is 0 Å². The highest BCUT2D eigenvalue weighted by molar-refractivity contribution is 5.79. The van der Waals surface area contributed by atoms with E-state index in [0.29, 0.717) is 31.3 Å². The summed E-state index contributed by atoms with van der Waals surface area (Å²) in [5, 5.41) is 6.46. The van der Waals surface area contributed by atoms with Crippen LogP contribution in [0.4, 0.5) is 10.1 Å². The zero-order valence-corrected chi connectivity index (χ0v) is 15.8. The van der Waals surface area contributed by atoms with Gasteiger partial charge >= 0.3 is 0 Å². The number of ether oxygens (including phenoxy) is 1. The summed E-state index contributed by atoms with van der Waals surface area (Å²) in [6.45, 7) is 3.66. The number of hydrogen-bond donors (Lipinski definition) is 2. The molecule has 0 aliphatic carbocycles. The number of benzene rings is 2. The van der Waals surface area contributed by atoms with Crippen molar-refractivity contribution < 1.29 is 9.13 Å². The molecule has 0 saturated heterocycles. The second kappa shape index (κ2) is 9.65. The van der Waals surface area contributed by atoms with Crippen molar-refractivity contribution in [3.8, 4) is 5.75 Å². The van der Waals surface area contributed by atoms with E-state index in [-0.39, 0.29) is 5.82 Å². The molecule has 5 nitrogen and oxygen atoms in total. The van der Waals surface area contributed by atoms with Crippen LogP contribution >= 0.6 is 0 Å². The Kier molecular flexibility index (Phi) is 7.26. The first-order valence-corrected chi connectivity index (χ1v) is 8.66. The van der Waals surface area contributed by atoms with Gasteiger partial charge in [-0.2, -0.15) is 0 Å². The second-order valence-electron chi connectivity index (χ2n) is 6.00. The maximum absolute atomic E-state index is 14.1. The van der Waals surface area contributed by atoms with Gasteiger partial charge in [0.15, 0.2) is 5.96 Å². The largest absolute Gasteiger partial charge is 0.494 e. The summed E-state index contributed by atoms with van der Waals surface area (Å²) in [5.74, 6) is 1.27. The van der Waals surface area contributed by atoms with Gasteiger partial charge in [0.1, 0.15) is 11.6 Å². The van der Waals surface area contributed by atoms with Crippen molar-refractivity contribution >= 4 is 11.6 Å². The third kappa shape index (κ3) is 5.37. The highest BCUT2D eigenvalue weighted by atomic mass is 19.1. The molecule has 2 N–H and O–H groups in total. The number of nitrogens with one attached hydrogen (secondary N) is 2. The van der Waals surface area contributed by atoms with Gasteiger partial charge in [0, 0.05) is 39.8 Å².